The van der Waals surface area contributed by atoms with Crippen LogP contribution in [0.4, 0.5) is 0 Å². The van der Waals surface area contributed by atoms with Crippen LogP contribution in [0, 0.1) is 0 Å². The van der Waals surface area contributed by atoms with Gasteiger partial charge in [-0.05, 0) is 61.3 Å². The molecule has 1 atom stereocenters. The van der Waals surface area contributed by atoms with Crippen LogP contribution in [-0.2, 0) is 11.2 Å². The maximum atomic E-state index is 13.0. The van der Waals surface area contributed by atoms with Crippen molar-refractivity contribution < 1.29 is 9.90 Å². The Morgan fingerprint density at radius 1 is 1.15 bits per heavy atom. The molecular formula is C21H24Cl2N2O2. The molecule has 1 fully saturated rings. The number of likely N-dealkylation sites (tertiary alicyclic amines) is 1. The van der Waals surface area contributed by atoms with Gasteiger partial charge in [0.2, 0.25) is 5.91 Å². The molecule has 1 aliphatic rings. The molecule has 27 heavy (non-hydrogen) atoms. The standard InChI is InChI=1S/C21H24Cl2N2O2/c1-24(21(27)12-15-7-8-18(22)19(23)11-15)20(14-25-9-2-3-10-25)16-5-4-6-17(26)13-16/h4-8,11,13,20,26H,2-3,9-10,12,14H2,1H3. The van der Waals surface area contributed by atoms with Gasteiger partial charge < -0.3 is 14.9 Å². The van der Waals surface area contributed by atoms with Crippen molar-refractivity contribution in [3.8, 4) is 5.75 Å². The first-order chi connectivity index (χ1) is 12.9. The molecular weight excluding hydrogens is 383 g/mol. The smallest absolute Gasteiger partial charge is 0.227 e. The van der Waals surface area contributed by atoms with Crippen molar-refractivity contribution in [1.29, 1.82) is 0 Å². The molecule has 3 rings (SSSR count). The molecule has 1 N–H and O–H groups in total. The molecule has 1 aliphatic heterocycles. The zero-order valence-electron chi connectivity index (χ0n) is 15.4. The maximum Gasteiger partial charge on any atom is 0.227 e. The van der Waals surface area contributed by atoms with E-state index in [0.29, 0.717) is 10.0 Å². The number of nitrogens with zero attached hydrogens (tertiary/aromatic N) is 2. The Bertz CT molecular complexity index is 807. The van der Waals surface area contributed by atoms with Gasteiger partial charge in [-0.2, -0.15) is 0 Å². The Morgan fingerprint density at radius 3 is 2.56 bits per heavy atom. The van der Waals surface area contributed by atoms with E-state index in [-0.39, 0.29) is 24.1 Å². The summed E-state index contributed by atoms with van der Waals surface area (Å²) in [6.45, 7) is 2.85. The Labute approximate surface area is 170 Å². The van der Waals surface area contributed by atoms with Crippen molar-refractivity contribution in [2.24, 2.45) is 0 Å². The van der Waals surface area contributed by atoms with Crippen LogP contribution in [0.3, 0.4) is 0 Å². The second kappa shape index (κ2) is 8.96. The molecule has 0 bridgehead atoms. The lowest BCUT2D eigenvalue weighted by Crippen LogP contribution is -2.39. The van der Waals surface area contributed by atoms with Gasteiger partial charge in [-0.25, -0.2) is 0 Å². The van der Waals surface area contributed by atoms with Gasteiger partial charge in [0.25, 0.3) is 0 Å². The van der Waals surface area contributed by atoms with Crippen LogP contribution in [-0.4, -0.2) is 47.5 Å². The average molecular weight is 407 g/mol. The molecule has 0 aliphatic carbocycles. The fourth-order valence-corrected chi connectivity index (χ4v) is 3.84. The fourth-order valence-electron chi connectivity index (χ4n) is 3.52. The van der Waals surface area contributed by atoms with Gasteiger partial charge in [0.1, 0.15) is 5.75 Å². The van der Waals surface area contributed by atoms with Crippen LogP contribution < -0.4 is 0 Å². The highest BCUT2D eigenvalue weighted by Crippen LogP contribution is 2.27. The zero-order valence-corrected chi connectivity index (χ0v) is 16.9. The third-order valence-corrected chi connectivity index (χ3v) is 5.82. The van der Waals surface area contributed by atoms with Gasteiger partial charge in [0.05, 0.1) is 22.5 Å². The Balaban J connectivity index is 1.79. The number of likely N-dealkylation sites (N-methyl/N-ethyl adjacent to an activating group) is 1. The summed E-state index contributed by atoms with van der Waals surface area (Å²) in [6, 6.07) is 12.3. The maximum absolute atomic E-state index is 13.0. The number of rotatable bonds is 6. The highest BCUT2D eigenvalue weighted by molar-refractivity contribution is 6.42. The largest absolute Gasteiger partial charge is 0.508 e. The number of hydrogen-bond acceptors (Lipinski definition) is 3. The van der Waals surface area contributed by atoms with Crippen molar-refractivity contribution >= 4 is 29.1 Å². The second-order valence-corrected chi connectivity index (χ2v) is 7.86. The summed E-state index contributed by atoms with van der Waals surface area (Å²) in [5.74, 6) is 0.213. The van der Waals surface area contributed by atoms with Crippen LogP contribution in [0.15, 0.2) is 42.5 Å². The molecule has 2 aromatic rings. The third kappa shape index (κ3) is 5.16. The van der Waals surface area contributed by atoms with E-state index in [0.717, 1.165) is 30.8 Å². The Hall–Kier alpha value is -1.75. The molecule has 1 unspecified atom stereocenters. The number of hydrogen-bond donors (Lipinski definition) is 1. The highest BCUT2D eigenvalue weighted by Gasteiger charge is 2.26. The van der Waals surface area contributed by atoms with E-state index in [4.69, 9.17) is 23.2 Å². The van der Waals surface area contributed by atoms with Crippen molar-refractivity contribution in [3.05, 3.63) is 63.6 Å². The number of halogens is 2. The van der Waals surface area contributed by atoms with E-state index in [9.17, 15) is 9.90 Å². The van der Waals surface area contributed by atoms with E-state index in [1.54, 1.807) is 29.2 Å². The molecule has 4 nitrogen and oxygen atoms in total. The van der Waals surface area contributed by atoms with Crippen LogP contribution in [0.2, 0.25) is 10.0 Å². The second-order valence-electron chi connectivity index (χ2n) is 7.05. The van der Waals surface area contributed by atoms with E-state index >= 15 is 0 Å². The average Bonchev–Trinajstić information content (AvgIpc) is 3.15. The molecule has 0 saturated carbocycles. The van der Waals surface area contributed by atoms with Crippen molar-refractivity contribution in [1.82, 2.24) is 9.80 Å². The van der Waals surface area contributed by atoms with Gasteiger partial charge in [0.15, 0.2) is 0 Å². The summed E-state index contributed by atoms with van der Waals surface area (Å²) >= 11 is 12.0. The Morgan fingerprint density at radius 2 is 1.89 bits per heavy atom. The van der Waals surface area contributed by atoms with Gasteiger partial charge in [-0.1, -0.05) is 41.4 Å². The number of aromatic hydroxyl groups is 1. The van der Waals surface area contributed by atoms with E-state index in [1.807, 2.05) is 25.2 Å². The lowest BCUT2D eigenvalue weighted by atomic mass is 10.0. The first-order valence-electron chi connectivity index (χ1n) is 9.15. The summed E-state index contributed by atoms with van der Waals surface area (Å²) in [5, 5.41) is 10.8. The lowest BCUT2D eigenvalue weighted by molar-refractivity contribution is -0.131. The zero-order chi connectivity index (χ0) is 19.4. The normalized spacial score (nSPS) is 15.7. The first kappa shape index (κ1) is 20.0. The summed E-state index contributed by atoms with van der Waals surface area (Å²) in [6.07, 6.45) is 2.63. The van der Waals surface area contributed by atoms with Gasteiger partial charge >= 0.3 is 0 Å². The first-order valence-corrected chi connectivity index (χ1v) is 9.90. The topological polar surface area (TPSA) is 43.8 Å². The van der Waals surface area contributed by atoms with Crippen LogP contribution in [0.1, 0.15) is 30.0 Å². The van der Waals surface area contributed by atoms with Crippen LogP contribution in [0.5, 0.6) is 5.75 Å². The minimum absolute atomic E-state index is 0.000860. The third-order valence-electron chi connectivity index (χ3n) is 5.09. The predicted octanol–water partition coefficient (Wildman–Crippen LogP) is 4.54. The minimum atomic E-state index is -0.120. The van der Waals surface area contributed by atoms with Crippen molar-refractivity contribution in [3.63, 3.8) is 0 Å². The summed E-state index contributed by atoms with van der Waals surface area (Å²) in [5.41, 5.74) is 1.77. The van der Waals surface area contributed by atoms with Crippen LogP contribution >= 0.6 is 23.2 Å². The quantitative estimate of drug-likeness (QED) is 0.765. The fraction of sp³-hybridized carbons (Fsp3) is 0.381. The number of phenolic OH excluding ortho intramolecular Hbond substituents is 1. The highest BCUT2D eigenvalue weighted by atomic mass is 35.5. The SMILES string of the molecule is CN(C(=O)Cc1ccc(Cl)c(Cl)c1)C(CN1CCCC1)c1cccc(O)c1. The number of benzene rings is 2. The summed E-state index contributed by atoms with van der Waals surface area (Å²) < 4.78 is 0. The summed E-state index contributed by atoms with van der Waals surface area (Å²) in [7, 11) is 1.82. The molecule has 0 radical (unpaired) electrons. The molecule has 1 saturated heterocycles. The number of phenols is 1. The van der Waals surface area contributed by atoms with Crippen molar-refractivity contribution in [2.75, 3.05) is 26.7 Å². The number of amides is 1. The molecule has 144 valence electrons. The molecule has 2 aromatic carbocycles. The minimum Gasteiger partial charge on any atom is -0.508 e. The Kier molecular flexibility index (Phi) is 6.64. The molecule has 6 heteroatoms. The van der Waals surface area contributed by atoms with Gasteiger partial charge in [-0.15, -0.1) is 0 Å². The predicted molar refractivity (Wildman–Crippen MR) is 109 cm³/mol. The molecule has 0 aromatic heterocycles. The lowest BCUT2D eigenvalue weighted by Gasteiger charge is -2.32. The van der Waals surface area contributed by atoms with Gasteiger partial charge in [-0.3, -0.25) is 4.79 Å². The number of carbonyl (C=O) groups is 1. The van der Waals surface area contributed by atoms with E-state index in [1.165, 1.54) is 12.8 Å². The summed E-state index contributed by atoms with van der Waals surface area (Å²) in [4.78, 5) is 17.1. The van der Waals surface area contributed by atoms with Crippen LogP contribution in [0.25, 0.3) is 0 Å². The van der Waals surface area contributed by atoms with Gasteiger partial charge in [0, 0.05) is 13.6 Å². The van der Waals surface area contributed by atoms with E-state index < -0.39 is 0 Å². The monoisotopic (exact) mass is 406 g/mol. The van der Waals surface area contributed by atoms with E-state index in [2.05, 4.69) is 4.90 Å². The molecule has 0 spiro atoms. The molecule has 1 amide bonds. The number of carbonyl (C=O) groups excluding carboxylic acids is 1. The molecule has 1 heterocycles. The van der Waals surface area contributed by atoms with Crippen molar-refractivity contribution in [2.45, 2.75) is 25.3 Å².